The van der Waals surface area contributed by atoms with E-state index in [-0.39, 0.29) is 0 Å². The standard InChI is InChI=1S/C14H10ClN3/c15-12-7-6-11(8-16-12)14-13(17-9-18-14)10-4-2-1-3-5-10/h1-9H,(H,17,18). The van der Waals surface area contributed by atoms with Gasteiger partial charge < -0.3 is 4.98 Å². The number of benzene rings is 1. The van der Waals surface area contributed by atoms with Gasteiger partial charge in [-0.1, -0.05) is 41.9 Å². The lowest BCUT2D eigenvalue weighted by Crippen LogP contribution is -1.85. The van der Waals surface area contributed by atoms with E-state index in [1.807, 2.05) is 36.4 Å². The van der Waals surface area contributed by atoms with E-state index < -0.39 is 0 Å². The van der Waals surface area contributed by atoms with Crippen LogP contribution in [0.25, 0.3) is 22.5 Å². The van der Waals surface area contributed by atoms with E-state index in [1.165, 1.54) is 0 Å². The predicted octanol–water partition coefficient (Wildman–Crippen LogP) is 3.79. The summed E-state index contributed by atoms with van der Waals surface area (Å²) in [5.41, 5.74) is 3.91. The maximum atomic E-state index is 5.79. The molecule has 0 saturated carbocycles. The largest absolute Gasteiger partial charge is 0.344 e. The van der Waals surface area contributed by atoms with E-state index in [0.29, 0.717) is 5.15 Å². The maximum Gasteiger partial charge on any atom is 0.129 e. The fraction of sp³-hybridized carbons (Fsp3) is 0. The van der Waals surface area contributed by atoms with Crippen molar-refractivity contribution in [1.29, 1.82) is 0 Å². The first-order chi connectivity index (χ1) is 8.84. The molecule has 3 nitrogen and oxygen atoms in total. The first-order valence-electron chi connectivity index (χ1n) is 5.55. The van der Waals surface area contributed by atoms with Crippen LogP contribution in [0.2, 0.25) is 5.15 Å². The second-order valence-electron chi connectivity index (χ2n) is 3.86. The van der Waals surface area contributed by atoms with E-state index in [9.17, 15) is 0 Å². The van der Waals surface area contributed by atoms with Crippen LogP contribution in [0.3, 0.4) is 0 Å². The second-order valence-corrected chi connectivity index (χ2v) is 4.25. The van der Waals surface area contributed by atoms with Crippen LogP contribution in [0.5, 0.6) is 0 Å². The molecule has 0 atom stereocenters. The topological polar surface area (TPSA) is 41.6 Å². The summed E-state index contributed by atoms with van der Waals surface area (Å²) in [7, 11) is 0. The quantitative estimate of drug-likeness (QED) is 0.708. The Kier molecular flexibility index (Phi) is 2.82. The van der Waals surface area contributed by atoms with E-state index in [1.54, 1.807) is 18.6 Å². The summed E-state index contributed by atoms with van der Waals surface area (Å²) in [5, 5.41) is 0.482. The van der Waals surface area contributed by atoms with Crippen molar-refractivity contribution in [1.82, 2.24) is 15.0 Å². The van der Waals surface area contributed by atoms with Crippen molar-refractivity contribution in [3.63, 3.8) is 0 Å². The summed E-state index contributed by atoms with van der Waals surface area (Å²) >= 11 is 5.79. The van der Waals surface area contributed by atoms with Crippen LogP contribution in [0, 0.1) is 0 Å². The van der Waals surface area contributed by atoms with Gasteiger partial charge in [0.25, 0.3) is 0 Å². The smallest absolute Gasteiger partial charge is 0.129 e. The zero-order chi connectivity index (χ0) is 12.4. The van der Waals surface area contributed by atoms with Crippen LogP contribution in [0.4, 0.5) is 0 Å². The van der Waals surface area contributed by atoms with Crippen molar-refractivity contribution in [2.45, 2.75) is 0 Å². The van der Waals surface area contributed by atoms with Crippen molar-refractivity contribution in [3.8, 4) is 22.5 Å². The minimum atomic E-state index is 0.482. The van der Waals surface area contributed by atoms with Gasteiger partial charge in [-0.3, -0.25) is 0 Å². The van der Waals surface area contributed by atoms with Gasteiger partial charge in [0, 0.05) is 17.3 Å². The van der Waals surface area contributed by atoms with E-state index >= 15 is 0 Å². The summed E-state index contributed by atoms with van der Waals surface area (Å²) in [5.74, 6) is 0. The Hall–Kier alpha value is -2.13. The summed E-state index contributed by atoms with van der Waals surface area (Å²) in [6, 6.07) is 13.8. The molecule has 0 aliphatic heterocycles. The van der Waals surface area contributed by atoms with Crippen molar-refractivity contribution in [2.24, 2.45) is 0 Å². The number of aromatic nitrogens is 3. The molecule has 3 aromatic rings. The number of halogens is 1. The molecule has 0 bridgehead atoms. The molecule has 0 aliphatic carbocycles. The highest BCUT2D eigenvalue weighted by Crippen LogP contribution is 2.28. The van der Waals surface area contributed by atoms with Gasteiger partial charge in [-0.2, -0.15) is 0 Å². The highest BCUT2D eigenvalue weighted by Gasteiger charge is 2.10. The molecule has 1 N–H and O–H groups in total. The van der Waals surface area contributed by atoms with Gasteiger partial charge in [-0.05, 0) is 12.1 Å². The molecule has 0 aliphatic rings. The highest BCUT2D eigenvalue weighted by atomic mass is 35.5. The van der Waals surface area contributed by atoms with E-state index in [4.69, 9.17) is 11.6 Å². The molecule has 4 heteroatoms. The summed E-state index contributed by atoms with van der Waals surface area (Å²) in [4.78, 5) is 11.6. The molecule has 0 spiro atoms. The predicted molar refractivity (Wildman–Crippen MR) is 72.3 cm³/mol. The molecule has 2 heterocycles. The average Bonchev–Trinajstić information content (AvgIpc) is 2.90. The highest BCUT2D eigenvalue weighted by molar-refractivity contribution is 6.29. The minimum absolute atomic E-state index is 0.482. The molecule has 2 aromatic heterocycles. The lowest BCUT2D eigenvalue weighted by atomic mass is 10.1. The Balaban J connectivity index is 2.10. The first kappa shape index (κ1) is 11.0. The fourth-order valence-electron chi connectivity index (χ4n) is 1.85. The maximum absolute atomic E-state index is 5.79. The molecule has 0 unspecified atom stereocenters. The van der Waals surface area contributed by atoms with Crippen molar-refractivity contribution in [3.05, 3.63) is 60.1 Å². The lowest BCUT2D eigenvalue weighted by molar-refractivity contribution is 1.29. The third kappa shape index (κ3) is 2.00. The van der Waals surface area contributed by atoms with Crippen LogP contribution >= 0.6 is 11.6 Å². The summed E-state index contributed by atoms with van der Waals surface area (Å²) in [6.07, 6.45) is 3.41. The molecule has 1 aromatic carbocycles. The number of aromatic amines is 1. The number of rotatable bonds is 2. The number of hydrogen-bond acceptors (Lipinski definition) is 2. The Morgan fingerprint density at radius 3 is 2.44 bits per heavy atom. The summed E-state index contributed by atoms with van der Waals surface area (Å²) in [6.45, 7) is 0. The molecule has 0 radical (unpaired) electrons. The molecular formula is C14H10ClN3. The number of pyridine rings is 1. The first-order valence-corrected chi connectivity index (χ1v) is 5.93. The SMILES string of the molecule is Clc1ccc(-c2nc[nH]c2-c2ccccc2)cn1. The number of H-pyrrole nitrogens is 1. The zero-order valence-corrected chi connectivity index (χ0v) is 10.2. The van der Waals surface area contributed by atoms with Crippen LogP contribution < -0.4 is 0 Å². The van der Waals surface area contributed by atoms with Crippen molar-refractivity contribution in [2.75, 3.05) is 0 Å². The minimum Gasteiger partial charge on any atom is -0.344 e. The van der Waals surface area contributed by atoms with Crippen molar-refractivity contribution < 1.29 is 0 Å². The number of nitrogens with zero attached hydrogens (tertiary/aromatic N) is 2. The Labute approximate surface area is 109 Å². The monoisotopic (exact) mass is 255 g/mol. The molecule has 88 valence electrons. The van der Waals surface area contributed by atoms with Gasteiger partial charge in [-0.15, -0.1) is 0 Å². The average molecular weight is 256 g/mol. The Morgan fingerprint density at radius 2 is 1.72 bits per heavy atom. The number of nitrogens with one attached hydrogen (secondary N) is 1. The van der Waals surface area contributed by atoms with Gasteiger partial charge in [0.1, 0.15) is 5.15 Å². The second kappa shape index (κ2) is 4.63. The fourth-order valence-corrected chi connectivity index (χ4v) is 1.97. The van der Waals surface area contributed by atoms with Crippen LogP contribution in [0.15, 0.2) is 55.0 Å². The number of imidazole rings is 1. The van der Waals surface area contributed by atoms with Gasteiger partial charge in [0.2, 0.25) is 0 Å². The van der Waals surface area contributed by atoms with Crippen molar-refractivity contribution >= 4 is 11.6 Å². The molecular weight excluding hydrogens is 246 g/mol. The van der Waals surface area contributed by atoms with Crippen LogP contribution in [0.1, 0.15) is 0 Å². The van der Waals surface area contributed by atoms with E-state index in [0.717, 1.165) is 22.5 Å². The Bertz CT molecular complexity index is 644. The molecule has 0 amide bonds. The normalized spacial score (nSPS) is 10.5. The lowest BCUT2D eigenvalue weighted by Gasteiger charge is -2.02. The van der Waals surface area contributed by atoms with Gasteiger partial charge >= 0.3 is 0 Å². The Morgan fingerprint density at radius 1 is 0.889 bits per heavy atom. The van der Waals surface area contributed by atoms with Crippen LogP contribution in [-0.4, -0.2) is 15.0 Å². The van der Waals surface area contributed by atoms with Crippen LogP contribution in [-0.2, 0) is 0 Å². The third-order valence-electron chi connectivity index (χ3n) is 2.70. The third-order valence-corrected chi connectivity index (χ3v) is 2.93. The summed E-state index contributed by atoms with van der Waals surface area (Å²) < 4.78 is 0. The zero-order valence-electron chi connectivity index (χ0n) is 9.47. The van der Waals surface area contributed by atoms with Gasteiger partial charge in [-0.25, -0.2) is 9.97 Å². The molecule has 0 fully saturated rings. The number of hydrogen-bond donors (Lipinski definition) is 1. The molecule has 3 rings (SSSR count). The molecule has 18 heavy (non-hydrogen) atoms. The molecule has 0 saturated heterocycles. The van der Waals surface area contributed by atoms with Gasteiger partial charge in [0.15, 0.2) is 0 Å². The van der Waals surface area contributed by atoms with E-state index in [2.05, 4.69) is 15.0 Å². The van der Waals surface area contributed by atoms with Gasteiger partial charge in [0.05, 0.1) is 17.7 Å².